The quantitative estimate of drug-likeness (QED) is 0.896. The normalized spacial score (nSPS) is 14.9. The van der Waals surface area contributed by atoms with Gasteiger partial charge < -0.3 is 15.8 Å². The molecular weight excluding hydrogens is 295 g/mol. The minimum atomic E-state index is -0.600. The van der Waals surface area contributed by atoms with Crippen LogP contribution in [-0.4, -0.2) is 12.5 Å². The predicted molar refractivity (Wildman–Crippen MR) is 78.0 cm³/mol. The van der Waals surface area contributed by atoms with Crippen molar-refractivity contribution < 1.29 is 13.9 Å². The first-order chi connectivity index (χ1) is 10.1. The Labute approximate surface area is 125 Å². The Morgan fingerprint density at radius 3 is 2.95 bits per heavy atom. The molecule has 6 heteroatoms. The summed E-state index contributed by atoms with van der Waals surface area (Å²) in [6.45, 7) is -0.00583. The average Bonchev–Trinajstić information content (AvgIpc) is 2.48. The van der Waals surface area contributed by atoms with Gasteiger partial charge in [0.2, 0.25) is 0 Å². The van der Waals surface area contributed by atoms with Gasteiger partial charge in [0.05, 0.1) is 16.8 Å². The summed E-state index contributed by atoms with van der Waals surface area (Å²) < 4.78 is 18.8. The van der Waals surface area contributed by atoms with Gasteiger partial charge in [-0.05, 0) is 29.3 Å². The predicted octanol–water partition coefficient (Wildman–Crippen LogP) is 2.86. The van der Waals surface area contributed by atoms with Crippen LogP contribution in [0.1, 0.15) is 17.2 Å². The summed E-state index contributed by atoms with van der Waals surface area (Å²) in [6, 6.07) is 9.10. The van der Waals surface area contributed by atoms with Crippen molar-refractivity contribution in [2.45, 2.75) is 6.04 Å². The smallest absolute Gasteiger partial charge is 0.262 e. The van der Waals surface area contributed by atoms with Crippen LogP contribution in [0.25, 0.3) is 0 Å². The zero-order valence-electron chi connectivity index (χ0n) is 10.9. The number of fused-ring (bicyclic) bond motifs is 1. The molecular formula is C15H12ClFN2O2. The zero-order chi connectivity index (χ0) is 15.0. The number of anilines is 1. The van der Waals surface area contributed by atoms with Gasteiger partial charge in [0, 0.05) is 0 Å². The third kappa shape index (κ3) is 2.57. The van der Waals surface area contributed by atoms with Crippen molar-refractivity contribution >= 4 is 23.2 Å². The van der Waals surface area contributed by atoms with Crippen LogP contribution < -0.4 is 15.8 Å². The molecule has 108 valence electrons. The van der Waals surface area contributed by atoms with Gasteiger partial charge in [0.25, 0.3) is 5.91 Å². The molecule has 1 unspecified atom stereocenters. The molecule has 4 nitrogen and oxygen atoms in total. The van der Waals surface area contributed by atoms with E-state index in [2.05, 4.69) is 5.32 Å². The highest BCUT2D eigenvalue weighted by Gasteiger charge is 2.20. The maximum atomic E-state index is 13.5. The minimum absolute atomic E-state index is 0.00278. The Hall–Kier alpha value is -2.11. The van der Waals surface area contributed by atoms with Crippen molar-refractivity contribution in [3.8, 4) is 5.75 Å². The largest absolute Gasteiger partial charge is 0.482 e. The summed E-state index contributed by atoms with van der Waals surface area (Å²) in [5.74, 6) is -0.160. The molecule has 0 radical (unpaired) electrons. The lowest BCUT2D eigenvalue weighted by molar-refractivity contribution is -0.118. The van der Waals surface area contributed by atoms with E-state index in [0.29, 0.717) is 22.6 Å². The standard InChI is InChI=1S/C15H12ClFN2O2/c16-14-9(2-1-3-10(14)17)15(18)8-4-5-12-11(6-8)19-13(20)7-21-12/h1-6,15H,7,18H2,(H,19,20). The fourth-order valence-electron chi connectivity index (χ4n) is 2.23. The van der Waals surface area contributed by atoms with E-state index >= 15 is 0 Å². The minimum Gasteiger partial charge on any atom is -0.482 e. The van der Waals surface area contributed by atoms with Gasteiger partial charge in [-0.2, -0.15) is 0 Å². The summed E-state index contributed by atoms with van der Waals surface area (Å²) in [7, 11) is 0. The fourth-order valence-corrected chi connectivity index (χ4v) is 2.48. The van der Waals surface area contributed by atoms with Gasteiger partial charge >= 0.3 is 0 Å². The lowest BCUT2D eigenvalue weighted by Crippen LogP contribution is -2.25. The van der Waals surface area contributed by atoms with Crippen LogP contribution in [0.15, 0.2) is 36.4 Å². The summed E-state index contributed by atoms with van der Waals surface area (Å²) in [5, 5.41) is 2.71. The molecule has 3 rings (SSSR count). The third-order valence-electron chi connectivity index (χ3n) is 3.31. The first-order valence-corrected chi connectivity index (χ1v) is 6.70. The first kappa shape index (κ1) is 13.9. The van der Waals surface area contributed by atoms with Gasteiger partial charge in [-0.1, -0.05) is 29.8 Å². The van der Waals surface area contributed by atoms with Crippen molar-refractivity contribution in [2.75, 3.05) is 11.9 Å². The molecule has 2 aromatic rings. The van der Waals surface area contributed by atoms with Gasteiger partial charge in [0.15, 0.2) is 6.61 Å². The molecule has 0 aliphatic carbocycles. The van der Waals surface area contributed by atoms with E-state index in [1.165, 1.54) is 6.07 Å². The number of nitrogens with one attached hydrogen (secondary N) is 1. The number of rotatable bonds is 2. The number of hydrogen-bond acceptors (Lipinski definition) is 3. The van der Waals surface area contributed by atoms with E-state index in [-0.39, 0.29) is 17.5 Å². The molecule has 3 N–H and O–H groups in total. The monoisotopic (exact) mass is 306 g/mol. The van der Waals surface area contributed by atoms with Crippen LogP contribution in [0, 0.1) is 5.82 Å². The molecule has 0 saturated carbocycles. The highest BCUT2D eigenvalue weighted by atomic mass is 35.5. The summed E-state index contributed by atoms with van der Waals surface area (Å²) >= 11 is 5.96. The van der Waals surface area contributed by atoms with E-state index in [1.807, 2.05) is 0 Å². The second-order valence-corrected chi connectivity index (χ2v) is 5.09. The molecule has 21 heavy (non-hydrogen) atoms. The lowest BCUT2D eigenvalue weighted by Gasteiger charge is -2.21. The molecule has 2 aromatic carbocycles. The van der Waals surface area contributed by atoms with E-state index in [1.54, 1.807) is 30.3 Å². The Balaban J connectivity index is 1.98. The number of benzene rings is 2. The molecule has 1 heterocycles. The molecule has 0 saturated heterocycles. The number of nitrogens with two attached hydrogens (primary N) is 1. The summed E-state index contributed by atoms with van der Waals surface area (Å²) in [4.78, 5) is 11.3. The highest BCUT2D eigenvalue weighted by molar-refractivity contribution is 6.31. The van der Waals surface area contributed by atoms with Crippen LogP contribution in [0.3, 0.4) is 0 Å². The lowest BCUT2D eigenvalue weighted by atomic mass is 9.98. The second kappa shape index (κ2) is 5.35. The van der Waals surface area contributed by atoms with Crippen molar-refractivity contribution in [3.05, 3.63) is 58.4 Å². The van der Waals surface area contributed by atoms with Crippen molar-refractivity contribution in [1.29, 1.82) is 0 Å². The molecule has 0 aromatic heterocycles. The van der Waals surface area contributed by atoms with Crippen LogP contribution in [0.5, 0.6) is 5.75 Å². The van der Waals surface area contributed by atoms with Crippen LogP contribution in [-0.2, 0) is 4.79 Å². The fraction of sp³-hybridized carbons (Fsp3) is 0.133. The number of halogens is 2. The third-order valence-corrected chi connectivity index (χ3v) is 3.71. The Morgan fingerprint density at radius 1 is 1.33 bits per heavy atom. The van der Waals surface area contributed by atoms with E-state index in [0.717, 1.165) is 0 Å². The first-order valence-electron chi connectivity index (χ1n) is 6.32. The average molecular weight is 307 g/mol. The van der Waals surface area contributed by atoms with Gasteiger partial charge in [-0.25, -0.2) is 4.39 Å². The van der Waals surface area contributed by atoms with E-state index in [4.69, 9.17) is 22.1 Å². The van der Waals surface area contributed by atoms with Crippen molar-refractivity contribution in [2.24, 2.45) is 5.73 Å². The molecule has 0 bridgehead atoms. The number of carbonyl (C=O) groups excluding carboxylic acids is 1. The van der Waals surface area contributed by atoms with Gasteiger partial charge in [0.1, 0.15) is 11.6 Å². The zero-order valence-corrected chi connectivity index (χ0v) is 11.7. The van der Waals surface area contributed by atoms with Crippen LogP contribution in [0.2, 0.25) is 5.02 Å². The Kier molecular flexibility index (Phi) is 3.53. The van der Waals surface area contributed by atoms with E-state index < -0.39 is 11.9 Å². The molecule has 1 atom stereocenters. The highest BCUT2D eigenvalue weighted by Crippen LogP contribution is 2.34. The van der Waals surface area contributed by atoms with Crippen LogP contribution in [0.4, 0.5) is 10.1 Å². The van der Waals surface area contributed by atoms with Gasteiger partial charge in [-0.3, -0.25) is 4.79 Å². The molecule has 0 fully saturated rings. The number of carbonyl (C=O) groups is 1. The molecule has 0 spiro atoms. The Morgan fingerprint density at radius 2 is 2.14 bits per heavy atom. The summed E-state index contributed by atoms with van der Waals surface area (Å²) in [5.41, 5.74) is 7.88. The van der Waals surface area contributed by atoms with Gasteiger partial charge in [-0.15, -0.1) is 0 Å². The number of hydrogen-bond donors (Lipinski definition) is 2. The molecule has 1 aliphatic rings. The van der Waals surface area contributed by atoms with E-state index in [9.17, 15) is 9.18 Å². The SMILES string of the molecule is NC(c1ccc2c(c1)NC(=O)CO2)c1cccc(F)c1Cl. The maximum absolute atomic E-state index is 13.5. The maximum Gasteiger partial charge on any atom is 0.262 e. The van der Waals surface area contributed by atoms with Crippen molar-refractivity contribution in [1.82, 2.24) is 0 Å². The molecule has 1 aliphatic heterocycles. The second-order valence-electron chi connectivity index (χ2n) is 4.71. The number of amides is 1. The Bertz CT molecular complexity index is 721. The summed E-state index contributed by atoms with van der Waals surface area (Å²) in [6.07, 6.45) is 0. The molecule has 1 amide bonds. The van der Waals surface area contributed by atoms with Crippen LogP contribution >= 0.6 is 11.6 Å². The number of ether oxygens (including phenoxy) is 1. The van der Waals surface area contributed by atoms with Crippen molar-refractivity contribution in [3.63, 3.8) is 0 Å². The topological polar surface area (TPSA) is 64.3 Å².